The van der Waals surface area contributed by atoms with Gasteiger partial charge in [0.1, 0.15) is 16.8 Å². The van der Waals surface area contributed by atoms with Crippen molar-refractivity contribution < 1.29 is 9.31 Å². The number of benzene rings is 1. The van der Waals surface area contributed by atoms with Gasteiger partial charge in [-0.3, -0.25) is 10.1 Å². The third kappa shape index (κ3) is 3.38. The fraction of sp³-hybridized carbons (Fsp3) is 0.0833. The number of pyridine rings is 1. The van der Waals surface area contributed by atoms with E-state index in [1.807, 2.05) is 0 Å². The van der Waals surface area contributed by atoms with Crippen molar-refractivity contribution in [2.75, 3.05) is 5.32 Å². The second-order valence-corrected chi connectivity index (χ2v) is 4.12. The summed E-state index contributed by atoms with van der Waals surface area (Å²) in [6.45, 7) is 0.164. The summed E-state index contributed by atoms with van der Waals surface area (Å²) in [7, 11) is 0. The van der Waals surface area contributed by atoms with E-state index in [2.05, 4.69) is 10.3 Å². The number of nitro groups is 1. The van der Waals surface area contributed by atoms with Gasteiger partial charge in [0.15, 0.2) is 0 Å². The quantitative estimate of drug-likeness (QED) is 0.530. The van der Waals surface area contributed by atoms with E-state index in [9.17, 15) is 14.5 Å². The molecule has 5 nitrogen and oxygen atoms in total. The molecule has 19 heavy (non-hydrogen) atoms. The lowest BCUT2D eigenvalue weighted by Crippen LogP contribution is -2.04. The third-order valence-electron chi connectivity index (χ3n) is 2.41. The third-order valence-corrected chi connectivity index (χ3v) is 2.60. The summed E-state index contributed by atoms with van der Waals surface area (Å²) in [5.74, 6) is -0.131. The summed E-state index contributed by atoms with van der Waals surface area (Å²) in [4.78, 5) is 14.0. The Hall–Kier alpha value is -2.21. The average molecular weight is 282 g/mol. The van der Waals surface area contributed by atoms with Crippen LogP contribution in [-0.2, 0) is 6.54 Å². The molecule has 0 radical (unpaired) electrons. The number of rotatable bonds is 4. The van der Waals surface area contributed by atoms with Gasteiger partial charge in [-0.1, -0.05) is 29.8 Å². The highest BCUT2D eigenvalue weighted by molar-refractivity contribution is 6.29. The molecule has 0 unspecified atom stereocenters. The van der Waals surface area contributed by atoms with Crippen LogP contribution in [0.2, 0.25) is 5.15 Å². The molecule has 1 heterocycles. The van der Waals surface area contributed by atoms with Crippen molar-refractivity contribution in [3.05, 3.63) is 63.0 Å². The van der Waals surface area contributed by atoms with E-state index in [4.69, 9.17) is 11.6 Å². The van der Waals surface area contributed by atoms with E-state index in [-0.39, 0.29) is 29.0 Å². The first kappa shape index (κ1) is 13.2. The smallest absolute Gasteiger partial charge is 0.276 e. The van der Waals surface area contributed by atoms with E-state index in [1.54, 1.807) is 18.2 Å². The van der Waals surface area contributed by atoms with Gasteiger partial charge < -0.3 is 5.32 Å². The fourth-order valence-electron chi connectivity index (χ4n) is 1.51. The molecule has 0 aliphatic heterocycles. The van der Waals surface area contributed by atoms with E-state index >= 15 is 0 Å². The van der Waals surface area contributed by atoms with Gasteiger partial charge in [-0.15, -0.1) is 0 Å². The predicted molar refractivity (Wildman–Crippen MR) is 69.6 cm³/mol. The first-order valence-corrected chi connectivity index (χ1v) is 5.73. The van der Waals surface area contributed by atoms with E-state index < -0.39 is 4.92 Å². The van der Waals surface area contributed by atoms with E-state index in [0.717, 1.165) is 6.07 Å². The molecule has 0 amide bonds. The Bertz CT molecular complexity index is 622. The summed E-state index contributed by atoms with van der Waals surface area (Å²) < 4.78 is 13.4. The Morgan fingerprint density at radius 2 is 2.11 bits per heavy atom. The maximum atomic E-state index is 13.4. The largest absolute Gasteiger partial charge is 0.366 e. The first-order valence-electron chi connectivity index (χ1n) is 5.35. The van der Waals surface area contributed by atoms with Crippen molar-refractivity contribution in [2.45, 2.75) is 6.54 Å². The lowest BCUT2D eigenvalue weighted by Gasteiger charge is -2.06. The Labute approximate surface area is 113 Å². The molecular formula is C12H9ClFN3O2. The zero-order valence-electron chi connectivity index (χ0n) is 9.64. The molecular weight excluding hydrogens is 273 g/mol. The van der Waals surface area contributed by atoms with Gasteiger partial charge in [-0.25, -0.2) is 9.37 Å². The lowest BCUT2D eigenvalue weighted by molar-refractivity contribution is -0.384. The number of hydrogen-bond donors (Lipinski definition) is 1. The zero-order chi connectivity index (χ0) is 13.8. The minimum atomic E-state index is -0.568. The van der Waals surface area contributed by atoms with Crippen molar-refractivity contribution in [2.24, 2.45) is 0 Å². The van der Waals surface area contributed by atoms with Gasteiger partial charge in [0.2, 0.25) is 0 Å². The topological polar surface area (TPSA) is 68.1 Å². The molecule has 0 spiro atoms. The van der Waals surface area contributed by atoms with E-state index in [1.165, 1.54) is 12.1 Å². The van der Waals surface area contributed by atoms with Crippen LogP contribution < -0.4 is 5.32 Å². The second kappa shape index (κ2) is 5.62. The highest BCUT2D eigenvalue weighted by Crippen LogP contribution is 2.21. The van der Waals surface area contributed by atoms with Crippen LogP contribution in [0, 0.1) is 15.9 Å². The monoisotopic (exact) mass is 281 g/mol. The summed E-state index contributed by atoms with van der Waals surface area (Å²) in [6, 6.07) is 8.63. The van der Waals surface area contributed by atoms with Crippen LogP contribution in [0.1, 0.15) is 5.56 Å². The molecule has 98 valence electrons. The van der Waals surface area contributed by atoms with Gasteiger partial charge in [0.05, 0.1) is 17.1 Å². The summed E-state index contributed by atoms with van der Waals surface area (Å²) >= 11 is 5.68. The molecule has 2 aromatic rings. The van der Waals surface area contributed by atoms with Crippen LogP contribution in [0.4, 0.5) is 15.9 Å². The van der Waals surface area contributed by atoms with Crippen LogP contribution in [-0.4, -0.2) is 9.91 Å². The van der Waals surface area contributed by atoms with Gasteiger partial charge >= 0.3 is 0 Å². The number of nitrogens with zero attached hydrogens (tertiary/aromatic N) is 2. The van der Waals surface area contributed by atoms with Crippen LogP contribution >= 0.6 is 11.6 Å². The SMILES string of the molecule is O=[N+]([O-])c1cc(Cl)nc(NCc2ccccc2F)c1. The number of nitrogens with one attached hydrogen (secondary N) is 1. The van der Waals surface area contributed by atoms with Crippen LogP contribution in [0.15, 0.2) is 36.4 Å². The predicted octanol–water partition coefficient (Wildman–Crippen LogP) is 3.39. The van der Waals surface area contributed by atoms with Gasteiger partial charge in [-0.05, 0) is 6.07 Å². The number of aromatic nitrogens is 1. The van der Waals surface area contributed by atoms with Gasteiger partial charge in [0.25, 0.3) is 5.69 Å². The Balaban J connectivity index is 2.16. The van der Waals surface area contributed by atoms with Gasteiger partial charge in [0, 0.05) is 12.1 Å². The maximum Gasteiger partial charge on any atom is 0.276 e. The van der Waals surface area contributed by atoms with Crippen molar-refractivity contribution in [1.82, 2.24) is 4.98 Å². The molecule has 0 aliphatic rings. The lowest BCUT2D eigenvalue weighted by atomic mass is 10.2. The number of halogens is 2. The molecule has 0 aliphatic carbocycles. The number of hydrogen-bond acceptors (Lipinski definition) is 4. The molecule has 7 heteroatoms. The molecule has 2 rings (SSSR count). The first-order chi connectivity index (χ1) is 9.06. The molecule has 0 bridgehead atoms. The maximum absolute atomic E-state index is 13.4. The number of anilines is 1. The molecule has 0 saturated carbocycles. The molecule has 1 N–H and O–H groups in total. The zero-order valence-corrected chi connectivity index (χ0v) is 10.4. The average Bonchev–Trinajstić information content (AvgIpc) is 2.37. The Morgan fingerprint density at radius 3 is 2.79 bits per heavy atom. The van der Waals surface area contributed by atoms with Crippen molar-refractivity contribution in [1.29, 1.82) is 0 Å². The Kier molecular flexibility index (Phi) is 3.91. The summed E-state index contributed by atoms with van der Waals surface area (Å²) in [5, 5.41) is 13.5. The normalized spacial score (nSPS) is 10.2. The van der Waals surface area contributed by atoms with Crippen molar-refractivity contribution >= 4 is 23.1 Å². The molecule has 0 saturated heterocycles. The van der Waals surface area contributed by atoms with Crippen LogP contribution in [0.3, 0.4) is 0 Å². The van der Waals surface area contributed by atoms with Crippen molar-refractivity contribution in [3.63, 3.8) is 0 Å². The second-order valence-electron chi connectivity index (χ2n) is 3.74. The van der Waals surface area contributed by atoms with Crippen LogP contribution in [0.25, 0.3) is 0 Å². The highest BCUT2D eigenvalue weighted by atomic mass is 35.5. The molecule has 1 aromatic heterocycles. The Morgan fingerprint density at radius 1 is 1.37 bits per heavy atom. The minimum Gasteiger partial charge on any atom is -0.366 e. The van der Waals surface area contributed by atoms with E-state index in [0.29, 0.717) is 5.56 Å². The highest BCUT2D eigenvalue weighted by Gasteiger charge is 2.10. The molecule has 0 atom stereocenters. The van der Waals surface area contributed by atoms with Crippen molar-refractivity contribution in [3.8, 4) is 0 Å². The minimum absolute atomic E-state index is 0.00485. The molecule has 0 fully saturated rings. The van der Waals surface area contributed by atoms with Crippen LogP contribution in [0.5, 0.6) is 0 Å². The van der Waals surface area contributed by atoms with Gasteiger partial charge in [-0.2, -0.15) is 0 Å². The standard InChI is InChI=1S/C12H9ClFN3O2/c13-11-5-9(17(18)19)6-12(16-11)15-7-8-3-1-2-4-10(8)14/h1-6H,7H2,(H,15,16). The summed E-state index contributed by atoms with van der Waals surface area (Å²) in [5.41, 5.74) is 0.267. The fourth-order valence-corrected chi connectivity index (χ4v) is 1.71. The molecule has 1 aromatic carbocycles. The summed E-state index contributed by atoms with van der Waals surface area (Å²) in [6.07, 6.45) is 0.